The van der Waals surface area contributed by atoms with Gasteiger partial charge in [0.05, 0.1) is 0 Å². The van der Waals surface area contributed by atoms with Gasteiger partial charge in [0.25, 0.3) is 0 Å². The van der Waals surface area contributed by atoms with E-state index < -0.39 is 0 Å². The normalized spacial score (nSPS) is 12.6. The van der Waals surface area contributed by atoms with Crippen LogP contribution < -0.4 is 24.0 Å². The molecule has 0 heterocycles. The second-order valence-corrected chi connectivity index (χ2v) is 4.65. The Morgan fingerprint density at radius 1 is 1.40 bits per heavy atom. The van der Waals surface area contributed by atoms with Crippen molar-refractivity contribution in [1.29, 1.82) is 0 Å². The van der Waals surface area contributed by atoms with E-state index in [-0.39, 0.29) is 28.7 Å². The molecule has 0 fully saturated rings. The summed E-state index contributed by atoms with van der Waals surface area (Å²) in [5.41, 5.74) is 0. The second kappa shape index (κ2) is 5.18. The van der Waals surface area contributed by atoms with Gasteiger partial charge < -0.3 is 5.11 Å². The fourth-order valence-corrected chi connectivity index (χ4v) is 1.08. The molecule has 0 radical (unpaired) electrons. The Morgan fingerprint density at radius 2 is 1.80 bits per heavy atom. The maximum Gasteiger partial charge on any atom is 1.00 e. The Kier molecular flexibility index (Phi) is 6.79. The zero-order chi connectivity index (χ0) is 7.49. The quantitative estimate of drug-likeness (QED) is 0.346. The standard InChI is InChI=1S/C7H14OS.Li/c1-5-6(8)9-7(2,3)4;/h5,8H,1-4H3;/q;+1/p-1/b6-5+;. The molecule has 0 spiro atoms. The molecule has 0 bridgehead atoms. The third-order valence-corrected chi connectivity index (χ3v) is 1.69. The van der Waals surface area contributed by atoms with Crippen LogP contribution in [-0.2, 0) is 0 Å². The van der Waals surface area contributed by atoms with Gasteiger partial charge in [0.2, 0.25) is 0 Å². The molecule has 54 valence electrons. The molecule has 0 saturated heterocycles. The summed E-state index contributed by atoms with van der Waals surface area (Å²) in [6.07, 6.45) is 1.59. The van der Waals surface area contributed by atoms with Gasteiger partial charge in [-0.05, 0) is 6.92 Å². The first-order valence-corrected chi connectivity index (χ1v) is 3.79. The molecule has 0 aliphatic heterocycles. The van der Waals surface area contributed by atoms with E-state index >= 15 is 0 Å². The summed E-state index contributed by atoms with van der Waals surface area (Å²) in [7, 11) is 0. The Bertz CT molecular complexity index is 115. The van der Waals surface area contributed by atoms with Gasteiger partial charge in [-0.2, -0.15) is 0 Å². The van der Waals surface area contributed by atoms with Gasteiger partial charge in [0, 0.05) is 4.75 Å². The van der Waals surface area contributed by atoms with Gasteiger partial charge in [0.1, 0.15) is 0 Å². The molecule has 0 N–H and O–H groups in total. The topological polar surface area (TPSA) is 23.1 Å². The minimum absolute atomic E-state index is 0. The molecular weight excluding hydrogens is 139 g/mol. The van der Waals surface area contributed by atoms with E-state index in [1.54, 1.807) is 13.0 Å². The van der Waals surface area contributed by atoms with Crippen molar-refractivity contribution >= 4 is 11.8 Å². The van der Waals surface area contributed by atoms with Crippen molar-refractivity contribution in [2.75, 3.05) is 0 Å². The molecule has 0 aromatic heterocycles. The molecule has 0 aliphatic rings. The first-order chi connectivity index (χ1) is 3.95. The number of allylic oxidation sites excluding steroid dienone is 1. The maximum absolute atomic E-state index is 10.7. The fourth-order valence-electron chi connectivity index (χ4n) is 0.361. The minimum atomic E-state index is 0. The number of hydrogen-bond donors (Lipinski definition) is 0. The van der Waals surface area contributed by atoms with Crippen molar-refractivity contribution in [3.63, 3.8) is 0 Å². The second-order valence-electron chi connectivity index (χ2n) is 2.82. The van der Waals surface area contributed by atoms with Crippen molar-refractivity contribution in [3.8, 4) is 0 Å². The average molecular weight is 152 g/mol. The van der Waals surface area contributed by atoms with Crippen LogP contribution in [0.3, 0.4) is 0 Å². The van der Waals surface area contributed by atoms with Gasteiger partial charge in [0.15, 0.2) is 0 Å². The summed E-state index contributed by atoms with van der Waals surface area (Å²) < 4.78 is 0.0591. The van der Waals surface area contributed by atoms with E-state index in [1.165, 1.54) is 11.8 Å². The van der Waals surface area contributed by atoms with Crippen molar-refractivity contribution < 1.29 is 24.0 Å². The molecule has 0 atom stereocenters. The van der Waals surface area contributed by atoms with Crippen LogP contribution in [0, 0.1) is 0 Å². The largest absolute Gasteiger partial charge is 1.00 e. The Balaban J connectivity index is 0. The molecule has 10 heavy (non-hydrogen) atoms. The zero-order valence-corrected chi connectivity index (χ0v) is 8.21. The third-order valence-electron chi connectivity index (χ3n) is 0.642. The molecule has 0 amide bonds. The fraction of sp³-hybridized carbons (Fsp3) is 0.714. The van der Waals surface area contributed by atoms with E-state index in [9.17, 15) is 5.11 Å². The van der Waals surface area contributed by atoms with Crippen LogP contribution in [-0.4, -0.2) is 4.75 Å². The number of thioether (sulfide) groups is 1. The molecule has 0 aromatic carbocycles. The Hall–Kier alpha value is 0.487. The molecular formula is C7H13LiOS. The van der Waals surface area contributed by atoms with Gasteiger partial charge in [-0.15, -0.1) is 11.8 Å². The number of rotatable bonds is 1. The SMILES string of the molecule is C/C=C(\[O-])SC(C)(C)C.[Li+]. The maximum atomic E-state index is 10.7. The van der Waals surface area contributed by atoms with Crippen LogP contribution in [0.2, 0.25) is 0 Å². The molecule has 0 aliphatic carbocycles. The van der Waals surface area contributed by atoms with E-state index in [2.05, 4.69) is 0 Å². The van der Waals surface area contributed by atoms with E-state index in [0.29, 0.717) is 0 Å². The van der Waals surface area contributed by atoms with E-state index in [0.717, 1.165) is 0 Å². The van der Waals surface area contributed by atoms with Crippen molar-refractivity contribution in [2.45, 2.75) is 32.4 Å². The monoisotopic (exact) mass is 152 g/mol. The molecule has 0 rings (SSSR count). The first kappa shape index (κ1) is 13.1. The van der Waals surface area contributed by atoms with Gasteiger partial charge in [-0.25, -0.2) is 0 Å². The number of hydrogen-bond acceptors (Lipinski definition) is 2. The van der Waals surface area contributed by atoms with Crippen LogP contribution in [0.25, 0.3) is 0 Å². The first-order valence-electron chi connectivity index (χ1n) is 2.98. The summed E-state index contributed by atoms with van der Waals surface area (Å²) in [5.74, 6) is 0. The van der Waals surface area contributed by atoms with Crippen LogP contribution >= 0.6 is 11.8 Å². The van der Waals surface area contributed by atoms with Gasteiger partial charge >= 0.3 is 18.9 Å². The summed E-state index contributed by atoms with van der Waals surface area (Å²) in [6, 6.07) is 0. The van der Waals surface area contributed by atoms with Crippen LogP contribution in [0.5, 0.6) is 0 Å². The molecule has 1 nitrogen and oxygen atoms in total. The van der Waals surface area contributed by atoms with Gasteiger partial charge in [-0.1, -0.05) is 31.9 Å². The summed E-state index contributed by atoms with van der Waals surface area (Å²) in [5, 5.41) is 10.9. The minimum Gasteiger partial charge on any atom is -0.868 e. The summed E-state index contributed by atoms with van der Waals surface area (Å²) >= 11 is 1.36. The van der Waals surface area contributed by atoms with Crippen molar-refractivity contribution in [3.05, 3.63) is 11.2 Å². The molecule has 3 heteroatoms. The smallest absolute Gasteiger partial charge is 0.868 e. The molecule has 0 unspecified atom stereocenters. The Morgan fingerprint density at radius 3 is 1.90 bits per heavy atom. The zero-order valence-electron chi connectivity index (χ0n) is 7.39. The predicted octanol–water partition coefficient (Wildman–Crippen LogP) is -1.26. The molecule has 0 saturated carbocycles. The Labute approximate surface area is 79.5 Å². The van der Waals surface area contributed by atoms with Crippen molar-refractivity contribution in [2.24, 2.45) is 0 Å². The summed E-state index contributed by atoms with van der Waals surface area (Å²) in [6.45, 7) is 7.85. The van der Waals surface area contributed by atoms with Crippen LogP contribution in [0.1, 0.15) is 27.7 Å². The van der Waals surface area contributed by atoms with E-state index in [4.69, 9.17) is 0 Å². The van der Waals surface area contributed by atoms with E-state index in [1.807, 2.05) is 20.8 Å². The average Bonchev–Trinajstić information content (AvgIpc) is 1.62. The van der Waals surface area contributed by atoms with Gasteiger partial charge in [-0.3, -0.25) is 0 Å². The predicted molar refractivity (Wildman–Crippen MR) is 41.1 cm³/mol. The molecule has 0 aromatic rings. The third kappa shape index (κ3) is 8.49. The summed E-state index contributed by atoms with van der Waals surface area (Å²) in [4.78, 5) is 0. The van der Waals surface area contributed by atoms with Crippen molar-refractivity contribution in [1.82, 2.24) is 0 Å². The van der Waals surface area contributed by atoms with Crippen LogP contribution in [0.4, 0.5) is 0 Å². The van der Waals surface area contributed by atoms with Crippen LogP contribution in [0.15, 0.2) is 11.2 Å².